The fraction of sp³-hybridized carbons (Fsp3) is 0.714. The van der Waals surface area contributed by atoms with E-state index in [-0.39, 0.29) is 0 Å². The molecule has 3 heteroatoms. The van der Waals surface area contributed by atoms with Crippen molar-refractivity contribution in [3.05, 3.63) is 20.8 Å². The first-order valence-corrected chi connectivity index (χ1v) is 8.34. The van der Waals surface area contributed by atoms with Gasteiger partial charge in [0.25, 0.3) is 0 Å². The number of nitrogens with one attached hydrogen (secondary N) is 1. The minimum absolute atomic E-state index is 0.661. The van der Waals surface area contributed by atoms with Crippen LogP contribution < -0.4 is 5.32 Å². The summed E-state index contributed by atoms with van der Waals surface area (Å²) in [6, 6.07) is 5.01. The summed E-state index contributed by atoms with van der Waals surface area (Å²) in [5.74, 6) is 0.890. The molecule has 0 radical (unpaired) electrons. The highest BCUT2D eigenvalue weighted by Gasteiger charge is 2.18. The van der Waals surface area contributed by atoms with E-state index in [0.29, 0.717) is 6.04 Å². The van der Waals surface area contributed by atoms with E-state index in [1.807, 2.05) is 11.3 Å². The molecule has 1 aromatic heterocycles. The van der Waals surface area contributed by atoms with Crippen molar-refractivity contribution in [1.29, 1.82) is 0 Å². The number of hydrogen-bond donors (Lipinski definition) is 1. The summed E-state index contributed by atoms with van der Waals surface area (Å²) in [5, 5.41) is 3.70. The van der Waals surface area contributed by atoms with Crippen LogP contribution in [0.15, 0.2) is 15.9 Å². The molecule has 96 valence electrons. The molecule has 1 aromatic rings. The van der Waals surface area contributed by atoms with Crippen LogP contribution in [0, 0.1) is 5.92 Å². The van der Waals surface area contributed by atoms with Gasteiger partial charge in [-0.15, -0.1) is 11.3 Å². The van der Waals surface area contributed by atoms with Gasteiger partial charge in [-0.3, -0.25) is 0 Å². The Hall–Kier alpha value is 0.140. The van der Waals surface area contributed by atoms with E-state index in [1.165, 1.54) is 47.2 Å². The summed E-state index contributed by atoms with van der Waals surface area (Å²) in [6.45, 7) is 3.38. The Morgan fingerprint density at radius 3 is 2.59 bits per heavy atom. The predicted molar refractivity (Wildman–Crippen MR) is 79.5 cm³/mol. The second kappa shape index (κ2) is 6.91. The molecule has 0 bridgehead atoms. The van der Waals surface area contributed by atoms with E-state index in [9.17, 15) is 0 Å². The molecule has 17 heavy (non-hydrogen) atoms. The van der Waals surface area contributed by atoms with E-state index in [4.69, 9.17) is 0 Å². The van der Waals surface area contributed by atoms with Gasteiger partial charge in [-0.1, -0.05) is 25.7 Å². The summed E-state index contributed by atoms with van der Waals surface area (Å²) in [5.41, 5.74) is 0. The molecule has 1 nitrogen and oxygen atoms in total. The van der Waals surface area contributed by atoms with Gasteiger partial charge in [0.15, 0.2) is 0 Å². The van der Waals surface area contributed by atoms with Crippen LogP contribution in [-0.2, 0) is 6.54 Å². The van der Waals surface area contributed by atoms with Crippen LogP contribution in [0.3, 0.4) is 0 Å². The summed E-state index contributed by atoms with van der Waals surface area (Å²) >= 11 is 5.35. The second-order valence-electron chi connectivity index (χ2n) is 5.13. The van der Waals surface area contributed by atoms with Gasteiger partial charge >= 0.3 is 0 Å². The zero-order chi connectivity index (χ0) is 12.1. The molecule has 1 saturated carbocycles. The van der Waals surface area contributed by atoms with Gasteiger partial charge in [0.05, 0.1) is 3.79 Å². The summed E-state index contributed by atoms with van der Waals surface area (Å²) in [7, 11) is 0. The topological polar surface area (TPSA) is 12.0 Å². The van der Waals surface area contributed by atoms with Crippen LogP contribution >= 0.6 is 27.3 Å². The maximum Gasteiger partial charge on any atom is 0.0701 e. The molecule has 0 unspecified atom stereocenters. The molecule has 0 amide bonds. The molecule has 1 aliphatic carbocycles. The van der Waals surface area contributed by atoms with Crippen LogP contribution in [0.1, 0.15) is 50.3 Å². The Morgan fingerprint density at radius 2 is 2.00 bits per heavy atom. The summed E-state index contributed by atoms with van der Waals surface area (Å²) in [6.07, 6.45) is 8.59. The molecule has 1 N–H and O–H groups in total. The number of rotatable bonds is 4. The smallest absolute Gasteiger partial charge is 0.0701 e. The van der Waals surface area contributed by atoms with Crippen molar-refractivity contribution in [2.45, 2.75) is 58.0 Å². The zero-order valence-electron chi connectivity index (χ0n) is 10.5. The maximum atomic E-state index is 3.70. The minimum atomic E-state index is 0.661. The lowest BCUT2D eigenvalue weighted by atomic mass is 9.93. The Labute approximate surface area is 117 Å². The largest absolute Gasteiger partial charge is 0.309 e. The van der Waals surface area contributed by atoms with Crippen molar-refractivity contribution in [3.8, 4) is 0 Å². The summed E-state index contributed by atoms with van der Waals surface area (Å²) in [4.78, 5) is 1.43. The van der Waals surface area contributed by atoms with Crippen LogP contribution in [0.2, 0.25) is 0 Å². The summed E-state index contributed by atoms with van der Waals surface area (Å²) < 4.78 is 1.23. The van der Waals surface area contributed by atoms with Crippen molar-refractivity contribution in [2.24, 2.45) is 5.92 Å². The van der Waals surface area contributed by atoms with Crippen molar-refractivity contribution in [1.82, 2.24) is 5.32 Å². The van der Waals surface area contributed by atoms with Gasteiger partial charge in [-0.2, -0.15) is 0 Å². The first kappa shape index (κ1) is 13.6. The van der Waals surface area contributed by atoms with E-state index < -0.39 is 0 Å². The third-order valence-corrected chi connectivity index (χ3v) is 5.46. The molecule has 1 fully saturated rings. The average Bonchev–Trinajstić information content (AvgIpc) is 2.58. The SMILES string of the molecule is C[C@H](NCc1ccc(Br)s1)C1CCCCCC1. The van der Waals surface area contributed by atoms with Gasteiger partial charge in [-0.05, 0) is 53.7 Å². The van der Waals surface area contributed by atoms with Crippen molar-refractivity contribution in [3.63, 3.8) is 0 Å². The van der Waals surface area contributed by atoms with Gasteiger partial charge in [0.1, 0.15) is 0 Å². The fourth-order valence-corrected chi connectivity index (χ4v) is 4.12. The van der Waals surface area contributed by atoms with E-state index in [1.54, 1.807) is 0 Å². The molecule has 1 heterocycles. The minimum Gasteiger partial charge on any atom is -0.309 e. The van der Waals surface area contributed by atoms with Crippen LogP contribution in [-0.4, -0.2) is 6.04 Å². The van der Waals surface area contributed by atoms with E-state index in [2.05, 4.69) is 40.3 Å². The van der Waals surface area contributed by atoms with Crippen molar-refractivity contribution < 1.29 is 0 Å². The van der Waals surface area contributed by atoms with Gasteiger partial charge in [-0.25, -0.2) is 0 Å². The number of halogens is 1. The lowest BCUT2D eigenvalue weighted by Gasteiger charge is -2.23. The molecule has 2 rings (SSSR count). The molecular formula is C14H22BrNS. The second-order valence-corrected chi connectivity index (χ2v) is 7.67. The highest BCUT2D eigenvalue weighted by molar-refractivity contribution is 9.11. The predicted octanol–water partition coefficient (Wildman–Crippen LogP) is 4.96. The van der Waals surface area contributed by atoms with Crippen molar-refractivity contribution in [2.75, 3.05) is 0 Å². The molecule has 1 atom stereocenters. The van der Waals surface area contributed by atoms with Crippen molar-refractivity contribution >= 4 is 27.3 Å². The van der Waals surface area contributed by atoms with Crippen LogP contribution in [0.25, 0.3) is 0 Å². The van der Waals surface area contributed by atoms with Crippen LogP contribution in [0.4, 0.5) is 0 Å². The fourth-order valence-electron chi connectivity index (χ4n) is 2.69. The van der Waals surface area contributed by atoms with Gasteiger partial charge < -0.3 is 5.32 Å². The Kier molecular flexibility index (Phi) is 5.51. The molecule has 0 saturated heterocycles. The zero-order valence-corrected chi connectivity index (χ0v) is 12.9. The Morgan fingerprint density at radius 1 is 1.29 bits per heavy atom. The van der Waals surface area contributed by atoms with E-state index >= 15 is 0 Å². The van der Waals surface area contributed by atoms with Gasteiger partial charge in [0.2, 0.25) is 0 Å². The lowest BCUT2D eigenvalue weighted by Crippen LogP contribution is -2.32. The monoisotopic (exact) mass is 315 g/mol. The molecule has 0 aromatic carbocycles. The van der Waals surface area contributed by atoms with E-state index in [0.717, 1.165) is 12.5 Å². The number of thiophene rings is 1. The number of hydrogen-bond acceptors (Lipinski definition) is 2. The lowest BCUT2D eigenvalue weighted by molar-refractivity contribution is 0.337. The Balaban J connectivity index is 1.77. The molecule has 0 aliphatic heterocycles. The maximum absolute atomic E-state index is 3.70. The Bertz CT molecular complexity index is 329. The third-order valence-electron chi connectivity index (χ3n) is 3.83. The molecule has 0 spiro atoms. The standard InChI is InChI=1S/C14H22BrNS/c1-11(12-6-4-2-3-5-7-12)16-10-13-8-9-14(15)17-13/h8-9,11-12,16H,2-7,10H2,1H3/t11-/m0/s1. The average molecular weight is 316 g/mol. The van der Waals surface area contributed by atoms with Crippen LogP contribution in [0.5, 0.6) is 0 Å². The van der Waals surface area contributed by atoms with Gasteiger partial charge in [0, 0.05) is 17.5 Å². The first-order chi connectivity index (χ1) is 8.25. The quantitative estimate of drug-likeness (QED) is 0.774. The normalized spacial score (nSPS) is 20.1. The highest BCUT2D eigenvalue weighted by Crippen LogP contribution is 2.26. The first-order valence-electron chi connectivity index (χ1n) is 6.73. The third kappa shape index (κ3) is 4.38. The molecule has 1 aliphatic rings. The highest BCUT2D eigenvalue weighted by atomic mass is 79.9. The molecular weight excluding hydrogens is 294 g/mol.